The highest BCUT2D eigenvalue weighted by atomic mass is 35.7. The normalized spacial score (nSPS) is 13.2. The van der Waals surface area contributed by atoms with Crippen LogP contribution in [0.1, 0.15) is 5.69 Å². The maximum Gasteiger partial charge on any atom is 0.432 e. The molecule has 0 saturated heterocycles. The van der Waals surface area contributed by atoms with E-state index in [2.05, 4.69) is 5.10 Å². The van der Waals surface area contributed by atoms with Crippen LogP contribution in [0.2, 0.25) is 0 Å². The highest BCUT2D eigenvalue weighted by Crippen LogP contribution is 2.29. The first kappa shape index (κ1) is 10.3. The number of nitrogens with zero attached hydrogens (tertiary/aromatic N) is 1. The van der Waals surface area contributed by atoms with Crippen LogP contribution in [-0.2, 0) is 15.2 Å². The van der Waals surface area contributed by atoms with Gasteiger partial charge in [-0.1, -0.05) is 0 Å². The fourth-order valence-corrected chi connectivity index (χ4v) is 1.22. The molecule has 1 aromatic heterocycles. The van der Waals surface area contributed by atoms with Crippen molar-refractivity contribution in [1.82, 2.24) is 10.2 Å². The lowest BCUT2D eigenvalue weighted by Gasteiger charge is -1.99. The lowest BCUT2D eigenvalue weighted by Crippen LogP contribution is -2.04. The fraction of sp³-hybridized carbons (Fsp3) is 0.250. The molecule has 1 N–H and O–H groups in total. The van der Waals surface area contributed by atoms with E-state index in [0.29, 0.717) is 6.07 Å². The number of alkyl halides is 3. The Morgan fingerprint density at radius 1 is 1.46 bits per heavy atom. The molecule has 1 rings (SSSR count). The van der Waals surface area contributed by atoms with Gasteiger partial charge in [-0.15, -0.1) is 0 Å². The van der Waals surface area contributed by atoms with Crippen molar-refractivity contribution < 1.29 is 21.6 Å². The van der Waals surface area contributed by atoms with Gasteiger partial charge in [0, 0.05) is 16.7 Å². The minimum Gasteiger partial charge on any atom is -0.272 e. The minimum atomic E-state index is -4.66. The van der Waals surface area contributed by atoms with Crippen LogP contribution < -0.4 is 0 Å². The molecule has 4 nitrogen and oxygen atoms in total. The number of nitrogens with one attached hydrogen (secondary N) is 1. The predicted molar refractivity (Wildman–Crippen MR) is 36.6 cm³/mol. The lowest BCUT2D eigenvalue weighted by molar-refractivity contribution is -0.141. The van der Waals surface area contributed by atoms with E-state index >= 15 is 0 Å². The Morgan fingerprint density at radius 3 is 2.23 bits per heavy atom. The molecular formula is C4H2ClF3N2O2S. The van der Waals surface area contributed by atoms with Crippen molar-refractivity contribution in [2.45, 2.75) is 11.2 Å². The molecule has 0 spiro atoms. The smallest absolute Gasteiger partial charge is 0.272 e. The second-order valence-electron chi connectivity index (χ2n) is 2.06. The zero-order valence-electron chi connectivity index (χ0n) is 5.76. The molecule has 0 aliphatic heterocycles. The van der Waals surface area contributed by atoms with Crippen molar-refractivity contribution in [3.63, 3.8) is 0 Å². The van der Waals surface area contributed by atoms with Crippen molar-refractivity contribution in [3.8, 4) is 0 Å². The monoisotopic (exact) mass is 234 g/mol. The van der Waals surface area contributed by atoms with E-state index in [1.807, 2.05) is 0 Å². The van der Waals surface area contributed by atoms with Crippen LogP contribution in [0.25, 0.3) is 0 Å². The zero-order valence-corrected chi connectivity index (χ0v) is 7.33. The summed E-state index contributed by atoms with van der Waals surface area (Å²) in [6.07, 6.45) is -4.66. The van der Waals surface area contributed by atoms with Gasteiger partial charge in [-0.05, 0) is 0 Å². The lowest BCUT2D eigenvalue weighted by atomic mass is 10.4. The van der Waals surface area contributed by atoms with Gasteiger partial charge in [-0.3, -0.25) is 5.10 Å². The summed E-state index contributed by atoms with van der Waals surface area (Å²) in [4.78, 5) is 0. The van der Waals surface area contributed by atoms with Crippen molar-refractivity contribution in [3.05, 3.63) is 11.8 Å². The van der Waals surface area contributed by atoms with Crippen molar-refractivity contribution in [2.24, 2.45) is 0 Å². The number of aromatic nitrogens is 2. The van der Waals surface area contributed by atoms with E-state index in [9.17, 15) is 21.6 Å². The van der Waals surface area contributed by atoms with Crippen molar-refractivity contribution in [1.29, 1.82) is 0 Å². The van der Waals surface area contributed by atoms with Crippen molar-refractivity contribution >= 4 is 19.7 Å². The number of aromatic amines is 1. The molecule has 74 valence electrons. The SMILES string of the molecule is O=S(=O)(Cl)c1cc(C(F)(F)F)[nH]n1. The molecule has 0 aliphatic rings. The van der Waals surface area contributed by atoms with Crippen LogP contribution in [0.5, 0.6) is 0 Å². The first-order valence-electron chi connectivity index (χ1n) is 2.78. The van der Waals surface area contributed by atoms with Gasteiger partial charge < -0.3 is 0 Å². The molecule has 1 aromatic rings. The Bertz CT molecular complexity index is 409. The molecule has 9 heteroatoms. The van der Waals surface area contributed by atoms with Crippen LogP contribution in [0.4, 0.5) is 13.2 Å². The van der Waals surface area contributed by atoms with Gasteiger partial charge in [-0.2, -0.15) is 18.3 Å². The molecule has 0 aliphatic carbocycles. The summed E-state index contributed by atoms with van der Waals surface area (Å²) < 4.78 is 56.6. The van der Waals surface area contributed by atoms with Gasteiger partial charge in [-0.25, -0.2) is 8.42 Å². The van der Waals surface area contributed by atoms with Crippen LogP contribution in [0.15, 0.2) is 11.1 Å². The Labute approximate surface area is 75.1 Å². The average molecular weight is 235 g/mol. The number of H-pyrrole nitrogens is 1. The summed E-state index contributed by atoms with van der Waals surface area (Å²) in [6, 6.07) is 0.322. The third-order valence-corrected chi connectivity index (χ3v) is 2.29. The molecule has 0 aromatic carbocycles. The highest BCUT2D eigenvalue weighted by molar-refractivity contribution is 8.13. The Kier molecular flexibility index (Phi) is 2.28. The summed E-state index contributed by atoms with van der Waals surface area (Å²) in [7, 11) is 0.532. The molecule has 0 saturated carbocycles. The third kappa shape index (κ3) is 2.34. The van der Waals surface area contributed by atoms with Gasteiger partial charge in [0.05, 0.1) is 0 Å². The largest absolute Gasteiger partial charge is 0.432 e. The number of halogens is 4. The van der Waals surface area contributed by atoms with E-state index in [1.54, 1.807) is 0 Å². The topological polar surface area (TPSA) is 62.8 Å². The van der Waals surface area contributed by atoms with Crippen LogP contribution in [-0.4, -0.2) is 18.6 Å². The van der Waals surface area contributed by atoms with Gasteiger partial charge in [0.2, 0.25) is 0 Å². The number of hydrogen-bond donors (Lipinski definition) is 1. The van der Waals surface area contributed by atoms with Gasteiger partial charge >= 0.3 is 6.18 Å². The summed E-state index contributed by atoms with van der Waals surface area (Å²) >= 11 is 0. The molecule has 0 radical (unpaired) electrons. The first-order valence-corrected chi connectivity index (χ1v) is 5.09. The number of hydrogen-bond acceptors (Lipinski definition) is 3. The summed E-state index contributed by atoms with van der Waals surface area (Å²) in [5.41, 5.74) is -1.26. The Balaban J connectivity index is 3.16. The molecule has 0 fully saturated rings. The van der Waals surface area contributed by atoms with Crippen LogP contribution >= 0.6 is 10.7 Å². The first-order chi connectivity index (χ1) is 5.71. The van der Waals surface area contributed by atoms with Gasteiger partial charge in [0.15, 0.2) is 5.03 Å². The molecule has 0 bridgehead atoms. The van der Waals surface area contributed by atoms with E-state index in [0.717, 1.165) is 0 Å². The average Bonchev–Trinajstić information content (AvgIpc) is 2.28. The molecule has 1 heterocycles. The highest BCUT2D eigenvalue weighted by Gasteiger charge is 2.34. The van der Waals surface area contributed by atoms with Gasteiger partial charge in [0.1, 0.15) is 5.69 Å². The minimum absolute atomic E-state index is 0.322. The zero-order chi connectivity index (χ0) is 10.3. The summed E-state index contributed by atoms with van der Waals surface area (Å²) in [5.74, 6) is 0. The van der Waals surface area contributed by atoms with E-state index in [1.165, 1.54) is 5.10 Å². The van der Waals surface area contributed by atoms with Crippen LogP contribution in [0, 0.1) is 0 Å². The Morgan fingerprint density at radius 2 is 2.00 bits per heavy atom. The van der Waals surface area contributed by atoms with Crippen LogP contribution in [0.3, 0.4) is 0 Å². The molecule has 0 atom stereocenters. The molecular weight excluding hydrogens is 233 g/mol. The second kappa shape index (κ2) is 2.88. The molecule has 0 unspecified atom stereocenters. The van der Waals surface area contributed by atoms with Crippen molar-refractivity contribution in [2.75, 3.05) is 0 Å². The summed E-state index contributed by atoms with van der Waals surface area (Å²) in [5, 5.41) is 3.56. The standard InChI is InChI=1S/C4H2ClF3N2O2S/c5-13(11,12)3-1-2(9-10-3)4(6,7)8/h1H,(H,9,10). The third-order valence-electron chi connectivity index (χ3n) is 1.11. The predicted octanol–water partition coefficient (Wildman–Crippen LogP) is 1.36. The number of rotatable bonds is 1. The van der Waals surface area contributed by atoms with E-state index < -0.39 is 25.9 Å². The quantitative estimate of drug-likeness (QED) is 0.746. The van der Waals surface area contributed by atoms with Gasteiger partial charge in [0.25, 0.3) is 9.05 Å². The molecule has 0 amide bonds. The fourth-order valence-electron chi connectivity index (χ4n) is 0.573. The second-order valence-corrected chi connectivity index (χ2v) is 4.57. The Hall–Kier alpha value is -0.760. The molecule has 13 heavy (non-hydrogen) atoms. The maximum absolute atomic E-state index is 11.9. The summed E-state index contributed by atoms with van der Waals surface area (Å²) in [6.45, 7) is 0. The van der Waals surface area contributed by atoms with E-state index in [-0.39, 0.29) is 0 Å². The maximum atomic E-state index is 11.9. The van der Waals surface area contributed by atoms with E-state index in [4.69, 9.17) is 10.7 Å².